The predicted octanol–water partition coefficient (Wildman–Crippen LogP) is 2.44. The smallest absolute Gasteiger partial charge is 0.127 e. The van der Waals surface area contributed by atoms with E-state index in [1.807, 2.05) is 6.07 Å². The molecule has 13 heavy (non-hydrogen) atoms. The van der Waals surface area contributed by atoms with Crippen molar-refractivity contribution in [3.8, 4) is 0 Å². The summed E-state index contributed by atoms with van der Waals surface area (Å²) in [5.74, 6) is 1.43. The second kappa shape index (κ2) is 6.00. The van der Waals surface area contributed by atoms with Gasteiger partial charge in [-0.05, 0) is 23.8 Å². The topological polar surface area (TPSA) is 20.2 Å². The summed E-state index contributed by atoms with van der Waals surface area (Å²) in [5, 5.41) is 8.53. The van der Waals surface area contributed by atoms with E-state index in [2.05, 4.69) is 0 Å². The van der Waals surface area contributed by atoms with Gasteiger partial charge in [0.05, 0.1) is 0 Å². The van der Waals surface area contributed by atoms with Crippen LogP contribution < -0.4 is 0 Å². The maximum absolute atomic E-state index is 13.0. The number of rotatable bonds is 5. The van der Waals surface area contributed by atoms with Crippen molar-refractivity contribution in [3.63, 3.8) is 0 Å². The number of benzene rings is 1. The lowest BCUT2D eigenvalue weighted by Gasteiger charge is -2.01. The Balaban J connectivity index is 2.32. The molecular formula is C10H13FOS. The van der Waals surface area contributed by atoms with Crippen molar-refractivity contribution in [1.82, 2.24) is 0 Å². The van der Waals surface area contributed by atoms with Crippen LogP contribution in [0.15, 0.2) is 24.3 Å². The lowest BCUT2D eigenvalue weighted by atomic mass is 10.2. The van der Waals surface area contributed by atoms with Crippen LogP contribution in [0.4, 0.5) is 4.39 Å². The fourth-order valence-electron chi connectivity index (χ4n) is 0.964. The molecule has 0 aliphatic carbocycles. The van der Waals surface area contributed by atoms with Gasteiger partial charge >= 0.3 is 0 Å². The number of aliphatic hydroxyl groups excluding tert-OH is 1. The molecule has 0 aromatic heterocycles. The fourth-order valence-corrected chi connectivity index (χ4v) is 1.90. The van der Waals surface area contributed by atoms with E-state index in [9.17, 15) is 4.39 Å². The van der Waals surface area contributed by atoms with Gasteiger partial charge in [0.15, 0.2) is 0 Å². The quantitative estimate of drug-likeness (QED) is 0.737. The molecular weight excluding hydrogens is 187 g/mol. The first-order valence-corrected chi connectivity index (χ1v) is 5.42. The summed E-state index contributed by atoms with van der Waals surface area (Å²) < 4.78 is 13.0. The zero-order valence-corrected chi connectivity index (χ0v) is 8.19. The Morgan fingerprint density at radius 2 is 2.08 bits per heavy atom. The van der Waals surface area contributed by atoms with Crippen molar-refractivity contribution in [3.05, 3.63) is 35.6 Å². The molecule has 0 saturated heterocycles. The summed E-state index contributed by atoms with van der Waals surface area (Å²) in [4.78, 5) is 0. The molecule has 1 aromatic carbocycles. The van der Waals surface area contributed by atoms with Crippen molar-refractivity contribution in [1.29, 1.82) is 0 Å². The maximum Gasteiger partial charge on any atom is 0.127 e. The van der Waals surface area contributed by atoms with Gasteiger partial charge in [0.1, 0.15) is 5.82 Å². The van der Waals surface area contributed by atoms with Crippen LogP contribution in [0.1, 0.15) is 12.0 Å². The highest BCUT2D eigenvalue weighted by Crippen LogP contribution is 2.15. The highest BCUT2D eigenvalue weighted by Gasteiger charge is 1.99. The summed E-state index contributed by atoms with van der Waals surface area (Å²) in [5.41, 5.74) is 0.741. The van der Waals surface area contributed by atoms with Gasteiger partial charge in [-0.3, -0.25) is 0 Å². The molecule has 0 bridgehead atoms. The molecule has 1 aromatic rings. The molecule has 0 saturated carbocycles. The zero-order chi connectivity index (χ0) is 9.52. The van der Waals surface area contributed by atoms with Gasteiger partial charge in [0.2, 0.25) is 0 Å². The van der Waals surface area contributed by atoms with Crippen LogP contribution >= 0.6 is 11.8 Å². The lowest BCUT2D eigenvalue weighted by molar-refractivity contribution is 0.296. The number of hydrogen-bond acceptors (Lipinski definition) is 2. The van der Waals surface area contributed by atoms with Crippen molar-refractivity contribution in [2.45, 2.75) is 12.2 Å². The average molecular weight is 200 g/mol. The van der Waals surface area contributed by atoms with Crippen molar-refractivity contribution in [2.75, 3.05) is 12.4 Å². The van der Waals surface area contributed by atoms with E-state index in [-0.39, 0.29) is 12.4 Å². The van der Waals surface area contributed by atoms with Crippen LogP contribution in [0.5, 0.6) is 0 Å². The summed E-state index contributed by atoms with van der Waals surface area (Å²) in [7, 11) is 0. The van der Waals surface area contributed by atoms with E-state index in [1.165, 1.54) is 6.07 Å². The van der Waals surface area contributed by atoms with Crippen LogP contribution in [0.25, 0.3) is 0 Å². The van der Waals surface area contributed by atoms with Gasteiger partial charge in [-0.25, -0.2) is 4.39 Å². The summed E-state index contributed by atoms with van der Waals surface area (Å²) >= 11 is 1.65. The van der Waals surface area contributed by atoms with Crippen LogP contribution in [-0.4, -0.2) is 17.5 Å². The van der Waals surface area contributed by atoms with Crippen molar-refractivity contribution < 1.29 is 9.50 Å². The van der Waals surface area contributed by atoms with Gasteiger partial charge in [0, 0.05) is 12.4 Å². The van der Waals surface area contributed by atoms with Gasteiger partial charge in [-0.15, -0.1) is 0 Å². The van der Waals surface area contributed by atoms with E-state index in [1.54, 1.807) is 23.9 Å². The van der Waals surface area contributed by atoms with Gasteiger partial charge < -0.3 is 5.11 Å². The molecule has 0 aliphatic rings. The molecule has 0 fully saturated rings. The second-order valence-electron chi connectivity index (χ2n) is 2.72. The molecule has 0 unspecified atom stereocenters. The Bertz CT molecular complexity index is 252. The fraction of sp³-hybridized carbons (Fsp3) is 0.400. The number of aliphatic hydroxyl groups is 1. The lowest BCUT2D eigenvalue weighted by Crippen LogP contribution is -1.90. The van der Waals surface area contributed by atoms with Gasteiger partial charge in [-0.2, -0.15) is 11.8 Å². The summed E-state index contributed by atoms with van der Waals surface area (Å²) in [6.45, 7) is 0.213. The molecule has 0 radical (unpaired) electrons. The summed E-state index contributed by atoms with van der Waals surface area (Å²) in [6.07, 6.45) is 0.777. The van der Waals surface area contributed by atoms with E-state index >= 15 is 0 Å². The molecule has 0 aliphatic heterocycles. The SMILES string of the molecule is OCCCSCc1ccccc1F. The standard InChI is InChI=1S/C10H13FOS/c11-10-5-2-1-4-9(10)8-13-7-3-6-12/h1-2,4-5,12H,3,6-8H2. The zero-order valence-electron chi connectivity index (χ0n) is 7.37. The molecule has 1 rings (SSSR count). The molecule has 0 heterocycles. The number of halogens is 1. The van der Waals surface area contributed by atoms with Gasteiger partial charge in [-0.1, -0.05) is 18.2 Å². The Morgan fingerprint density at radius 3 is 2.77 bits per heavy atom. The van der Waals surface area contributed by atoms with E-state index in [0.29, 0.717) is 5.75 Å². The van der Waals surface area contributed by atoms with Gasteiger partial charge in [0.25, 0.3) is 0 Å². The molecule has 0 atom stereocenters. The minimum absolute atomic E-state index is 0.140. The normalized spacial score (nSPS) is 10.3. The highest BCUT2D eigenvalue weighted by atomic mass is 32.2. The highest BCUT2D eigenvalue weighted by molar-refractivity contribution is 7.98. The first-order chi connectivity index (χ1) is 6.34. The minimum Gasteiger partial charge on any atom is -0.396 e. The average Bonchev–Trinajstić information content (AvgIpc) is 2.15. The minimum atomic E-state index is -0.140. The Kier molecular flexibility index (Phi) is 4.86. The predicted molar refractivity (Wildman–Crippen MR) is 54.3 cm³/mol. The van der Waals surface area contributed by atoms with E-state index in [4.69, 9.17) is 5.11 Å². The third-order valence-corrected chi connectivity index (χ3v) is 2.75. The Morgan fingerprint density at radius 1 is 1.31 bits per heavy atom. The number of thioether (sulfide) groups is 1. The summed E-state index contributed by atoms with van der Waals surface area (Å²) in [6, 6.07) is 6.80. The second-order valence-corrected chi connectivity index (χ2v) is 3.83. The van der Waals surface area contributed by atoms with Crippen molar-refractivity contribution >= 4 is 11.8 Å². The van der Waals surface area contributed by atoms with E-state index in [0.717, 1.165) is 17.7 Å². The molecule has 0 amide bonds. The molecule has 72 valence electrons. The Hall–Kier alpha value is -0.540. The van der Waals surface area contributed by atoms with Crippen LogP contribution in [0.2, 0.25) is 0 Å². The monoisotopic (exact) mass is 200 g/mol. The first kappa shape index (κ1) is 10.5. The first-order valence-electron chi connectivity index (χ1n) is 4.26. The molecule has 0 spiro atoms. The molecule has 3 heteroatoms. The van der Waals surface area contributed by atoms with E-state index < -0.39 is 0 Å². The third kappa shape index (κ3) is 3.79. The third-order valence-electron chi connectivity index (χ3n) is 1.66. The van der Waals surface area contributed by atoms with Crippen LogP contribution in [-0.2, 0) is 5.75 Å². The van der Waals surface area contributed by atoms with Crippen LogP contribution in [0.3, 0.4) is 0 Å². The molecule has 1 nitrogen and oxygen atoms in total. The van der Waals surface area contributed by atoms with Crippen molar-refractivity contribution in [2.24, 2.45) is 0 Å². The number of hydrogen-bond donors (Lipinski definition) is 1. The Labute approximate surface area is 82.0 Å². The van der Waals surface area contributed by atoms with Crippen LogP contribution in [0, 0.1) is 5.82 Å². The molecule has 1 N–H and O–H groups in total. The maximum atomic E-state index is 13.0. The largest absolute Gasteiger partial charge is 0.396 e.